The Morgan fingerprint density at radius 2 is 1.94 bits per heavy atom. The van der Waals surface area contributed by atoms with Crippen molar-refractivity contribution < 1.29 is 0 Å². The molecule has 0 aromatic heterocycles. The minimum Gasteiger partial charge on any atom is -0.307 e. The molecule has 0 saturated heterocycles. The van der Waals surface area contributed by atoms with Crippen molar-refractivity contribution >= 4 is 0 Å². The first kappa shape index (κ1) is 10.3. The first-order valence-electron chi connectivity index (χ1n) is 6.52. The van der Waals surface area contributed by atoms with Gasteiger partial charge in [0.15, 0.2) is 0 Å². The fourth-order valence-corrected chi connectivity index (χ4v) is 3.25. The zero-order chi connectivity index (χ0) is 11.3. The highest BCUT2D eigenvalue weighted by atomic mass is 15.0. The van der Waals surface area contributed by atoms with Crippen LogP contribution < -0.4 is 5.32 Å². The van der Waals surface area contributed by atoms with E-state index < -0.39 is 0 Å². The maximum Gasteiger partial charge on any atom is 0.0331 e. The Morgan fingerprint density at radius 3 is 2.62 bits per heavy atom. The highest BCUT2D eigenvalue weighted by molar-refractivity contribution is 5.43. The van der Waals surface area contributed by atoms with Gasteiger partial charge in [0.05, 0.1) is 0 Å². The monoisotopic (exact) mass is 215 g/mol. The number of fused-ring (bicyclic) bond motifs is 1. The first-order valence-corrected chi connectivity index (χ1v) is 6.52. The Kier molecular flexibility index (Phi) is 2.32. The average Bonchev–Trinajstić information content (AvgIpc) is 2.82. The second-order valence-corrected chi connectivity index (χ2v) is 5.75. The lowest BCUT2D eigenvalue weighted by atomic mass is 9.98. The van der Waals surface area contributed by atoms with Crippen molar-refractivity contribution in [2.45, 2.75) is 51.6 Å². The second kappa shape index (κ2) is 3.59. The van der Waals surface area contributed by atoms with Crippen LogP contribution in [0.25, 0.3) is 0 Å². The van der Waals surface area contributed by atoms with E-state index in [2.05, 4.69) is 44.3 Å². The lowest BCUT2D eigenvalue weighted by Gasteiger charge is -2.14. The summed E-state index contributed by atoms with van der Waals surface area (Å²) >= 11 is 0. The molecule has 0 radical (unpaired) electrons. The molecule has 16 heavy (non-hydrogen) atoms. The minimum absolute atomic E-state index is 0.611. The van der Waals surface area contributed by atoms with E-state index in [1.165, 1.54) is 18.4 Å². The topological polar surface area (TPSA) is 12.0 Å². The Labute approximate surface area is 98.3 Å². The summed E-state index contributed by atoms with van der Waals surface area (Å²) in [7, 11) is 0. The molecular formula is C15H21N. The van der Waals surface area contributed by atoms with Crippen molar-refractivity contribution in [1.29, 1.82) is 0 Å². The van der Waals surface area contributed by atoms with Crippen LogP contribution in [0.4, 0.5) is 0 Å². The van der Waals surface area contributed by atoms with Gasteiger partial charge in [-0.1, -0.05) is 32.0 Å². The SMILES string of the molecule is Cc1cccc2c1C(C)CC2NC1CC1C. The zero-order valence-corrected chi connectivity index (χ0v) is 10.5. The van der Waals surface area contributed by atoms with Gasteiger partial charge in [-0.05, 0) is 48.3 Å². The van der Waals surface area contributed by atoms with E-state index in [-0.39, 0.29) is 0 Å². The van der Waals surface area contributed by atoms with Crippen LogP contribution in [-0.4, -0.2) is 6.04 Å². The summed E-state index contributed by atoms with van der Waals surface area (Å²) in [6, 6.07) is 8.16. The Balaban J connectivity index is 1.87. The van der Waals surface area contributed by atoms with Crippen LogP contribution in [0.3, 0.4) is 0 Å². The lowest BCUT2D eigenvalue weighted by Crippen LogP contribution is -2.22. The van der Waals surface area contributed by atoms with Crippen LogP contribution in [0.1, 0.15) is 55.3 Å². The molecule has 0 spiro atoms. The number of aryl methyl sites for hydroxylation is 1. The molecular weight excluding hydrogens is 194 g/mol. The Morgan fingerprint density at radius 1 is 1.19 bits per heavy atom. The highest BCUT2D eigenvalue weighted by Gasteiger charge is 2.37. The summed E-state index contributed by atoms with van der Waals surface area (Å²) in [4.78, 5) is 0. The largest absolute Gasteiger partial charge is 0.307 e. The summed E-state index contributed by atoms with van der Waals surface area (Å²) < 4.78 is 0. The summed E-state index contributed by atoms with van der Waals surface area (Å²) in [5.74, 6) is 1.62. The minimum atomic E-state index is 0.611. The number of nitrogens with one attached hydrogen (secondary N) is 1. The van der Waals surface area contributed by atoms with Crippen LogP contribution >= 0.6 is 0 Å². The van der Waals surface area contributed by atoms with E-state index in [1.807, 2.05) is 0 Å². The van der Waals surface area contributed by atoms with Crippen molar-refractivity contribution in [1.82, 2.24) is 5.32 Å². The molecule has 0 heterocycles. The van der Waals surface area contributed by atoms with Gasteiger partial charge in [0.25, 0.3) is 0 Å². The maximum atomic E-state index is 3.82. The molecule has 1 saturated carbocycles. The van der Waals surface area contributed by atoms with E-state index in [9.17, 15) is 0 Å². The third-order valence-corrected chi connectivity index (χ3v) is 4.34. The molecule has 4 unspecified atom stereocenters. The number of benzene rings is 1. The van der Waals surface area contributed by atoms with Crippen molar-refractivity contribution in [2.24, 2.45) is 5.92 Å². The van der Waals surface area contributed by atoms with Crippen LogP contribution in [0.15, 0.2) is 18.2 Å². The van der Waals surface area contributed by atoms with Gasteiger partial charge in [0.1, 0.15) is 0 Å². The molecule has 86 valence electrons. The van der Waals surface area contributed by atoms with E-state index in [0.717, 1.165) is 17.9 Å². The Hall–Kier alpha value is -0.820. The van der Waals surface area contributed by atoms with Crippen LogP contribution in [-0.2, 0) is 0 Å². The summed E-state index contributed by atoms with van der Waals surface area (Å²) in [6.45, 7) is 6.95. The van der Waals surface area contributed by atoms with Crippen molar-refractivity contribution in [3.63, 3.8) is 0 Å². The third-order valence-electron chi connectivity index (χ3n) is 4.34. The molecule has 0 aliphatic heterocycles. The quantitative estimate of drug-likeness (QED) is 0.795. The summed E-state index contributed by atoms with van der Waals surface area (Å²) in [5, 5.41) is 3.82. The summed E-state index contributed by atoms with van der Waals surface area (Å²) in [6.07, 6.45) is 2.65. The van der Waals surface area contributed by atoms with Gasteiger partial charge in [-0.3, -0.25) is 0 Å². The van der Waals surface area contributed by atoms with Crippen LogP contribution in [0, 0.1) is 12.8 Å². The average molecular weight is 215 g/mol. The number of rotatable bonds is 2. The van der Waals surface area contributed by atoms with Crippen LogP contribution in [0.2, 0.25) is 0 Å². The molecule has 1 nitrogen and oxygen atoms in total. The molecule has 1 aromatic carbocycles. The van der Waals surface area contributed by atoms with Crippen molar-refractivity contribution in [3.05, 3.63) is 34.9 Å². The fraction of sp³-hybridized carbons (Fsp3) is 0.600. The van der Waals surface area contributed by atoms with Gasteiger partial charge in [0.2, 0.25) is 0 Å². The molecule has 2 aliphatic carbocycles. The lowest BCUT2D eigenvalue weighted by molar-refractivity contribution is 0.491. The van der Waals surface area contributed by atoms with E-state index in [1.54, 1.807) is 11.1 Å². The van der Waals surface area contributed by atoms with Gasteiger partial charge in [-0.25, -0.2) is 0 Å². The molecule has 1 heteroatoms. The van der Waals surface area contributed by atoms with Gasteiger partial charge in [-0.2, -0.15) is 0 Å². The molecule has 0 bridgehead atoms. The van der Waals surface area contributed by atoms with E-state index in [0.29, 0.717) is 6.04 Å². The molecule has 1 aromatic rings. The fourth-order valence-electron chi connectivity index (χ4n) is 3.25. The van der Waals surface area contributed by atoms with Crippen molar-refractivity contribution in [3.8, 4) is 0 Å². The zero-order valence-electron chi connectivity index (χ0n) is 10.5. The molecule has 1 fully saturated rings. The highest BCUT2D eigenvalue weighted by Crippen LogP contribution is 2.43. The van der Waals surface area contributed by atoms with Crippen LogP contribution in [0.5, 0.6) is 0 Å². The third kappa shape index (κ3) is 1.58. The standard InChI is InChI=1S/C15H21N/c1-9-5-4-6-12-14(8-11(3)15(9)12)16-13-7-10(13)2/h4-6,10-11,13-14,16H,7-8H2,1-3H3. The van der Waals surface area contributed by atoms with Crippen molar-refractivity contribution in [2.75, 3.05) is 0 Å². The van der Waals surface area contributed by atoms with Gasteiger partial charge >= 0.3 is 0 Å². The predicted molar refractivity (Wildman–Crippen MR) is 67.7 cm³/mol. The van der Waals surface area contributed by atoms with Gasteiger partial charge < -0.3 is 5.32 Å². The smallest absolute Gasteiger partial charge is 0.0331 e. The number of hydrogen-bond acceptors (Lipinski definition) is 1. The first-order chi connectivity index (χ1) is 7.66. The number of hydrogen-bond donors (Lipinski definition) is 1. The molecule has 4 atom stereocenters. The second-order valence-electron chi connectivity index (χ2n) is 5.75. The molecule has 3 rings (SSSR count). The summed E-state index contributed by atoms with van der Waals surface area (Å²) in [5.41, 5.74) is 4.64. The Bertz CT molecular complexity index is 410. The normalized spacial score (nSPS) is 36.2. The molecule has 0 amide bonds. The van der Waals surface area contributed by atoms with E-state index >= 15 is 0 Å². The van der Waals surface area contributed by atoms with Gasteiger partial charge in [-0.15, -0.1) is 0 Å². The van der Waals surface area contributed by atoms with Gasteiger partial charge in [0, 0.05) is 12.1 Å². The van der Waals surface area contributed by atoms with E-state index in [4.69, 9.17) is 0 Å². The molecule has 1 N–H and O–H groups in total. The predicted octanol–water partition coefficient (Wildman–Crippen LogP) is 3.54. The maximum absolute atomic E-state index is 3.82. The molecule has 2 aliphatic rings.